The van der Waals surface area contributed by atoms with E-state index < -0.39 is 0 Å². The molecule has 2 aromatic rings. The first-order valence-electron chi connectivity index (χ1n) is 10.7. The predicted molar refractivity (Wildman–Crippen MR) is 123 cm³/mol. The molecule has 0 N–H and O–H groups in total. The van der Waals surface area contributed by atoms with Crippen LogP contribution in [0.4, 0.5) is 5.69 Å². The first-order chi connectivity index (χ1) is 14.9. The van der Waals surface area contributed by atoms with Crippen molar-refractivity contribution in [3.63, 3.8) is 0 Å². The second kappa shape index (κ2) is 9.28. The summed E-state index contributed by atoms with van der Waals surface area (Å²) in [5.41, 5.74) is 1.63. The third-order valence-electron chi connectivity index (χ3n) is 5.88. The highest BCUT2D eigenvalue weighted by Gasteiger charge is 2.31. The number of benzene rings is 2. The Bertz CT molecular complexity index is 994. The first-order valence-corrected chi connectivity index (χ1v) is 11.1. The number of para-hydroxylation sites is 1. The molecule has 1 saturated heterocycles. The molecule has 0 spiro atoms. The minimum Gasteiger partial charge on any atom is -0.463 e. The van der Waals surface area contributed by atoms with Crippen LogP contribution in [0.5, 0.6) is 11.5 Å². The molecule has 7 heteroatoms. The summed E-state index contributed by atoms with van der Waals surface area (Å²) in [5, 5.41) is 0.612. The van der Waals surface area contributed by atoms with Gasteiger partial charge in [0.15, 0.2) is 5.75 Å². The van der Waals surface area contributed by atoms with E-state index in [2.05, 4.69) is 16.8 Å². The average molecular weight is 442 g/mol. The fourth-order valence-corrected chi connectivity index (χ4v) is 4.01. The minimum atomic E-state index is -0.156. The Hall–Kier alpha value is -2.57. The lowest BCUT2D eigenvalue weighted by molar-refractivity contribution is -0.150. The number of likely N-dealkylation sites (N-methyl/N-ethyl adjacent to an activating group) is 1. The lowest BCUT2D eigenvalue weighted by Gasteiger charge is -2.40. The lowest BCUT2D eigenvalue weighted by Crippen LogP contribution is -2.54. The van der Waals surface area contributed by atoms with Gasteiger partial charge in [0.2, 0.25) is 0 Å². The number of halogens is 1. The number of aliphatic imine (C=N–C) groups is 1. The molecule has 2 aliphatic rings. The van der Waals surface area contributed by atoms with Gasteiger partial charge in [-0.25, -0.2) is 4.99 Å². The number of piperazine rings is 1. The molecule has 31 heavy (non-hydrogen) atoms. The number of hydrogen-bond acceptors (Lipinski definition) is 6. The second-order valence-electron chi connectivity index (χ2n) is 8.14. The molecule has 1 unspecified atom stereocenters. The lowest BCUT2D eigenvalue weighted by atomic mass is 10.1. The highest BCUT2D eigenvalue weighted by Crippen LogP contribution is 2.39. The Morgan fingerprint density at radius 1 is 1.26 bits per heavy atom. The fraction of sp³-hybridized carbons (Fsp3) is 0.417. The van der Waals surface area contributed by atoms with Crippen molar-refractivity contribution in [1.29, 1.82) is 0 Å². The number of fused-ring (bicyclic) bond motifs is 2. The SMILES string of the molecule is CCC(C)OC(=O)C[C@H]1CN(C2=Nc3cc(Cl)ccc3Oc3ccccc32)CCN1C. The molecule has 0 amide bonds. The molecular weight excluding hydrogens is 414 g/mol. The number of ether oxygens (including phenoxy) is 2. The molecule has 0 bridgehead atoms. The number of nitrogens with zero attached hydrogens (tertiary/aromatic N) is 3. The van der Waals surface area contributed by atoms with Crippen molar-refractivity contribution in [1.82, 2.24) is 9.80 Å². The van der Waals surface area contributed by atoms with E-state index >= 15 is 0 Å². The van der Waals surface area contributed by atoms with Gasteiger partial charge in [0.05, 0.1) is 18.1 Å². The summed E-state index contributed by atoms with van der Waals surface area (Å²) < 4.78 is 11.7. The summed E-state index contributed by atoms with van der Waals surface area (Å²) in [6.07, 6.45) is 1.10. The second-order valence-corrected chi connectivity index (χ2v) is 8.58. The van der Waals surface area contributed by atoms with Crippen LogP contribution >= 0.6 is 11.6 Å². The van der Waals surface area contributed by atoms with E-state index in [1.54, 1.807) is 6.07 Å². The zero-order chi connectivity index (χ0) is 22.0. The molecule has 0 aliphatic carbocycles. The summed E-state index contributed by atoms with van der Waals surface area (Å²) in [4.78, 5) is 21.9. The van der Waals surface area contributed by atoms with Crippen LogP contribution in [-0.2, 0) is 9.53 Å². The van der Waals surface area contributed by atoms with E-state index in [-0.39, 0.29) is 18.1 Å². The third kappa shape index (κ3) is 4.86. The predicted octanol–water partition coefficient (Wildman–Crippen LogP) is 4.87. The molecule has 0 radical (unpaired) electrons. The van der Waals surface area contributed by atoms with Crippen LogP contribution in [0.15, 0.2) is 47.5 Å². The van der Waals surface area contributed by atoms with Gasteiger partial charge in [-0.15, -0.1) is 0 Å². The van der Waals surface area contributed by atoms with E-state index in [0.29, 0.717) is 29.4 Å². The van der Waals surface area contributed by atoms with E-state index in [1.165, 1.54) is 0 Å². The molecule has 6 nitrogen and oxygen atoms in total. The van der Waals surface area contributed by atoms with Crippen LogP contribution in [0.1, 0.15) is 32.3 Å². The Morgan fingerprint density at radius 2 is 2.06 bits per heavy atom. The number of amidine groups is 1. The molecule has 164 valence electrons. The van der Waals surface area contributed by atoms with Crippen LogP contribution in [0.25, 0.3) is 0 Å². The van der Waals surface area contributed by atoms with Crippen LogP contribution in [-0.4, -0.2) is 60.4 Å². The third-order valence-corrected chi connectivity index (χ3v) is 6.12. The fourth-order valence-electron chi connectivity index (χ4n) is 3.85. The summed E-state index contributed by atoms with van der Waals surface area (Å²) in [6.45, 7) is 6.24. The van der Waals surface area contributed by atoms with Gasteiger partial charge in [0, 0.05) is 30.7 Å². The number of esters is 1. The quantitative estimate of drug-likeness (QED) is 0.633. The monoisotopic (exact) mass is 441 g/mol. The minimum absolute atomic E-state index is 0.0446. The highest BCUT2D eigenvalue weighted by molar-refractivity contribution is 6.31. The van der Waals surface area contributed by atoms with E-state index in [0.717, 1.165) is 36.7 Å². The molecule has 0 aromatic heterocycles. The van der Waals surface area contributed by atoms with Crippen molar-refractivity contribution in [3.8, 4) is 11.5 Å². The van der Waals surface area contributed by atoms with Gasteiger partial charge >= 0.3 is 5.97 Å². The standard InChI is InChI=1S/C24H28ClN3O3/c1-4-16(2)30-23(29)14-18-15-28(12-11-27(18)3)24-19-7-5-6-8-21(19)31-22-10-9-17(25)13-20(22)26-24/h5-10,13,16,18H,4,11-12,14-15H2,1-3H3/t16?,18-/m0/s1. The molecule has 1 fully saturated rings. The van der Waals surface area contributed by atoms with Gasteiger partial charge in [-0.2, -0.15) is 0 Å². The summed E-state index contributed by atoms with van der Waals surface area (Å²) in [6, 6.07) is 13.4. The van der Waals surface area contributed by atoms with Gasteiger partial charge in [-0.3, -0.25) is 9.69 Å². The van der Waals surface area contributed by atoms with Gasteiger partial charge in [0.25, 0.3) is 0 Å². The normalized spacial score (nSPS) is 19.4. The van der Waals surface area contributed by atoms with Crippen molar-refractivity contribution in [2.45, 2.75) is 38.8 Å². The van der Waals surface area contributed by atoms with E-state index in [1.807, 2.05) is 50.2 Å². The zero-order valence-electron chi connectivity index (χ0n) is 18.2. The summed E-state index contributed by atoms with van der Waals surface area (Å²) in [5.74, 6) is 2.12. The highest BCUT2D eigenvalue weighted by atomic mass is 35.5. The molecule has 2 aromatic carbocycles. The van der Waals surface area contributed by atoms with Crippen LogP contribution in [0.3, 0.4) is 0 Å². The molecule has 2 heterocycles. The smallest absolute Gasteiger partial charge is 0.307 e. The summed E-state index contributed by atoms with van der Waals surface area (Å²) >= 11 is 6.23. The Kier molecular flexibility index (Phi) is 6.49. The van der Waals surface area contributed by atoms with Crippen LogP contribution < -0.4 is 4.74 Å². The molecule has 2 aliphatic heterocycles. The van der Waals surface area contributed by atoms with Crippen LogP contribution in [0, 0.1) is 0 Å². The van der Waals surface area contributed by atoms with Gasteiger partial charge in [-0.1, -0.05) is 30.7 Å². The number of rotatable bonds is 4. The van der Waals surface area contributed by atoms with Gasteiger partial charge in [-0.05, 0) is 50.7 Å². The number of hydrogen-bond donors (Lipinski definition) is 0. The van der Waals surface area contributed by atoms with E-state index in [4.69, 9.17) is 26.1 Å². The Labute approximate surface area is 188 Å². The zero-order valence-corrected chi connectivity index (χ0v) is 18.9. The molecule has 0 saturated carbocycles. The summed E-state index contributed by atoms with van der Waals surface area (Å²) in [7, 11) is 2.06. The van der Waals surface area contributed by atoms with Crippen molar-refractivity contribution in [3.05, 3.63) is 53.1 Å². The van der Waals surface area contributed by atoms with Crippen molar-refractivity contribution < 1.29 is 14.3 Å². The number of carbonyl (C=O) groups is 1. The maximum atomic E-state index is 12.4. The Morgan fingerprint density at radius 3 is 2.87 bits per heavy atom. The van der Waals surface area contributed by atoms with Gasteiger partial charge < -0.3 is 14.4 Å². The Balaban J connectivity index is 1.63. The average Bonchev–Trinajstić information content (AvgIpc) is 2.91. The van der Waals surface area contributed by atoms with Crippen molar-refractivity contribution in [2.24, 2.45) is 4.99 Å². The molecule has 4 rings (SSSR count). The number of carbonyl (C=O) groups excluding carboxylic acids is 1. The van der Waals surface area contributed by atoms with Crippen molar-refractivity contribution in [2.75, 3.05) is 26.7 Å². The van der Waals surface area contributed by atoms with Crippen molar-refractivity contribution >= 4 is 29.1 Å². The maximum Gasteiger partial charge on any atom is 0.307 e. The van der Waals surface area contributed by atoms with Crippen LogP contribution in [0.2, 0.25) is 5.02 Å². The maximum absolute atomic E-state index is 12.4. The largest absolute Gasteiger partial charge is 0.463 e. The van der Waals surface area contributed by atoms with E-state index in [9.17, 15) is 4.79 Å². The molecular formula is C24H28ClN3O3. The topological polar surface area (TPSA) is 54.4 Å². The first kappa shape index (κ1) is 21.7. The van der Waals surface area contributed by atoms with Gasteiger partial charge in [0.1, 0.15) is 17.3 Å². The molecule has 2 atom stereocenters.